The number of fused-ring (bicyclic) bond motifs is 1. The van der Waals surface area contributed by atoms with E-state index in [1.165, 1.54) is 5.57 Å². The third-order valence-electron chi connectivity index (χ3n) is 7.85. The molecule has 0 amide bonds. The third-order valence-corrected chi connectivity index (χ3v) is 8.63. The zero-order chi connectivity index (χ0) is 19.1. The van der Waals surface area contributed by atoms with E-state index in [0.29, 0.717) is 31.2 Å². The Bertz CT molecular complexity index is 571. The zero-order valence-corrected chi connectivity index (χ0v) is 16.6. The molecule has 148 valence electrons. The molecule has 0 aliphatic heterocycles. The number of aliphatic hydroxyl groups excluding tert-OH is 2. The summed E-state index contributed by atoms with van der Waals surface area (Å²) in [5, 5.41) is 30.7. The summed E-state index contributed by atoms with van der Waals surface area (Å²) in [6.45, 7) is 7.33. The molecule has 0 aromatic rings. The van der Waals surface area contributed by atoms with Crippen LogP contribution in [0.25, 0.3) is 0 Å². The van der Waals surface area contributed by atoms with Gasteiger partial charge in [-0.15, -0.1) is 11.6 Å². The molecule has 0 radical (unpaired) electrons. The highest BCUT2D eigenvalue weighted by Gasteiger charge is 2.57. The Morgan fingerprint density at radius 1 is 1.35 bits per heavy atom. The Kier molecular flexibility index (Phi) is 5.63. The van der Waals surface area contributed by atoms with Gasteiger partial charge in [-0.25, -0.2) is 0 Å². The average molecular weight is 384 g/mol. The predicted octanol–water partition coefficient (Wildman–Crippen LogP) is 2.60. The normalized spacial score (nSPS) is 46.0. The number of allylic oxidation sites excluding steroid dienone is 1. The summed E-state index contributed by atoms with van der Waals surface area (Å²) in [6.07, 6.45) is 5.85. The molecule has 7 atom stereocenters. The summed E-state index contributed by atoms with van der Waals surface area (Å²) in [4.78, 5) is -0.498. The maximum atomic E-state index is 10.1. The van der Waals surface area contributed by atoms with Crippen molar-refractivity contribution in [2.45, 2.75) is 62.8 Å². The number of aliphatic hydroxyl groups is 2. The lowest BCUT2D eigenvalue weighted by Crippen LogP contribution is -2.56. The van der Waals surface area contributed by atoms with Crippen molar-refractivity contribution in [3.8, 4) is 0 Å². The van der Waals surface area contributed by atoms with E-state index in [-0.39, 0.29) is 35.9 Å². The number of alkyl halides is 1. The summed E-state index contributed by atoms with van der Waals surface area (Å²) < 4.78 is 0. The van der Waals surface area contributed by atoms with Crippen LogP contribution in [-0.4, -0.2) is 40.3 Å². The fourth-order valence-corrected chi connectivity index (χ4v) is 6.79. The average Bonchev–Trinajstić information content (AvgIpc) is 2.90. The van der Waals surface area contributed by atoms with Crippen molar-refractivity contribution in [2.24, 2.45) is 34.8 Å². The first-order valence-electron chi connectivity index (χ1n) is 9.96. The van der Waals surface area contributed by atoms with Crippen molar-refractivity contribution in [2.75, 3.05) is 13.2 Å². The second-order valence-electron chi connectivity index (χ2n) is 9.00. The van der Waals surface area contributed by atoms with E-state index >= 15 is 0 Å². The van der Waals surface area contributed by atoms with Gasteiger partial charge in [0.25, 0.3) is 0 Å². The van der Waals surface area contributed by atoms with E-state index in [2.05, 4.69) is 18.8 Å². The molecule has 26 heavy (non-hydrogen) atoms. The summed E-state index contributed by atoms with van der Waals surface area (Å²) in [5.74, 6) is 0.909. The van der Waals surface area contributed by atoms with Gasteiger partial charge in [0.1, 0.15) is 0 Å². The van der Waals surface area contributed by atoms with Crippen LogP contribution >= 0.6 is 11.6 Å². The minimum atomic E-state index is -0.498. The van der Waals surface area contributed by atoms with Crippen molar-refractivity contribution >= 4 is 17.6 Å². The van der Waals surface area contributed by atoms with E-state index in [0.717, 1.165) is 32.1 Å². The lowest BCUT2D eigenvalue weighted by atomic mass is 9.54. The molecule has 3 fully saturated rings. The molecule has 6 heteroatoms. The van der Waals surface area contributed by atoms with E-state index < -0.39 is 4.87 Å². The van der Waals surface area contributed by atoms with Crippen LogP contribution in [0.2, 0.25) is 0 Å². The van der Waals surface area contributed by atoms with Crippen molar-refractivity contribution < 1.29 is 10.2 Å². The van der Waals surface area contributed by atoms with Crippen molar-refractivity contribution in [1.82, 2.24) is 5.32 Å². The van der Waals surface area contributed by atoms with Gasteiger partial charge in [0.05, 0.1) is 11.0 Å². The number of hydrogen-bond acceptors (Lipinski definition) is 3. The molecule has 0 aromatic carbocycles. The summed E-state index contributed by atoms with van der Waals surface area (Å²) in [7, 11) is 0. The van der Waals surface area contributed by atoms with Crippen LogP contribution in [0.5, 0.6) is 0 Å². The quantitative estimate of drug-likeness (QED) is 0.223. The van der Waals surface area contributed by atoms with E-state index in [1.807, 2.05) is 0 Å². The molecule has 3 rings (SSSR count). The lowest BCUT2D eigenvalue weighted by molar-refractivity contribution is -0.0218. The summed E-state index contributed by atoms with van der Waals surface area (Å²) in [5.41, 5.74) is 7.06. The molecular weight excluding hydrogens is 350 g/mol. The Morgan fingerprint density at radius 3 is 2.73 bits per heavy atom. The predicted molar refractivity (Wildman–Crippen MR) is 105 cm³/mol. The van der Waals surface area contributed by atoms with Crippen LogP contribution in [0, 0.1) is 34.5 Å². The van der Waals surface area contributed by atoms with Gasteiger partial charge in [0.15, 0.2) is 5.96 Å². The molecule has 6 N–H and O–H groups in total. The third kappa shape index (κ3) is 3.27. The van der Waals surface area contributed by atoms with E-state index in [4.69, 9.17) is 22.7 Å². The number of nitrogens with two attached hydrogens (primary N) is 1. The van der Waals surface area contributed by atoms with Crippen molar-refractivity contribution in [3.63, 3.8) is 0 Å². The number of rotatable bonds is 4. The van der Waals surface area contributed by atoms with Gasteiger partial charge in [-0.3, -0.25) is 5.41 Å². The van der Waals surface area contributed by atoms with E-state index in [1.54, 1.807) is 0 Å². The minimum Gasteiger partial charge on any atom is -0.396 e. The van der Waals surface area contributed by atoms with Crippen molar-refractivity contribution in [3.05, 3.63) is 12.2 Å². The van der Waals surface area contributed by atoms with Gasteiger partial charge in [0, 0.05) is 19.1 Å². The summed E-state index contributed by atoms with van der Waals surface area (Å²) in [6, 6.07) is 0. The molecule has 0 spiro atoms. The Balaban J connectivity index is 1.91. The van der Waals surface area contributed by atoms with Crippen LogP contribution in [0.15, 0.2) is 12.2 Å². The number of guanidine groups is 1. The van der Waals surface area contributed by atoms with Gasteiger partial charge >= 0.3 is 0 Å². The maximum Gasteiger partial charge on any atom is 0.185 e. The fourth-order valence-electron chi connectivity index (χ4n) is 6.25. The molecule has 3 aliphatic rings. The zero-order valence-electron chi connectivity index (χ0n) is 15.8. The fraction of sp³-hybridized carbons (Fsp3) is 0.850. The monoisotopic (exact) mass is 383 g/mol. The molecule has 0 aromatic heterocycles. The van der Waals surface area contributed by atoms with E-state index in [9.17, 15) is 10.2 Å². The first-order valence-corrected chi connectivity index (χ1v) is 10.3. The number of nitrogens with one attached hydrogen (secondary N) is 2. The molecule has 0 saturated heterocycles. The van der Waals surface area contributed by atoms with Gasteiger partial charge in [-0.05, 0) is 68.1 Å². The Labute approximate surface area is 161 Å². The molecule has 0 heterocycles. The largest absolute Gasteiger partial charge is 0.396 e. The molecule has 3 aliphatic carbocycles. The first-order chi connectivity index (χ1) is 12.2. The van der Waals surface area contributed by atoms with Crippen LogP contribution in [-0.2, 0) is 0 Å². The van der Waals surface area contributed by atoms with Gasteiger partial charge in [-0.2, -0.15) is 0 Å². The minimum absolute atomic E-state index is 0.00533. The van der Waals surface area contributed by atoms with Gasteiger partial charge < -0.3 is 21.3 Å². The Hall–Kier alpha value is -0.780. The second kappa shape index (κ2) is 7.33. The number of hydrogen-bond donors (Lipinski definition) is 5. The highest BCUT2D eigenvalue weighted by Crippen LogP contribution is 2.62. The van der Waals surface area contributed by atoms with Crippen LogP contribution in [0.1, 0.15) is 51.9 Å². The SMILES string of the molecule is C=C1CCC2[C@H](CNC(=N)N)C([C@@]3(Cl)CC[C@H](O)C[C@@H]3CO)CC[C@]12C. The van der Waals surface area contributed by atoms with Crippen molar-refractivity contribution in [1.29, 1.82) is 5.41 Å². The highest BCUT2D eigenvalue weighted by molar-refractivity contribution is 6.24. The summed E-state index contributed by atoms with van der Waals surface area (Å²) >= 11 is 7.26. The standard InChI is InChI=1S/C20H34ClN3O2/c1-12-3-4-16-15(10-24-18(22)23)17(6-7-19(12,16)2)20(21)8-5-14(26)9-13(20)11-25/h13-17,25-26H,1,3-11H2,2H3,(H4,22,23,24)/t13-,14+,15+,16?,17?,19-,20-/m1/s1. The molecular formula is C20H34ClN3O2. The van der Waals surface area contributed by atoms with Gasteiger partial charge in [-0.1, -0.05) is 19.1 Å². The smallest absolute Gasteiger partial charge is 0.185 e. The second-order valence-corrected chi connectivity index (χ2v) is 9.71. The maximum absolute atomic E-state index is 10.1. The van der Waals surface area contributed by atoms with Crippen LogP contribution in [0.3, 0.4) is 0 Å². The topological polar surface area (TPSA) is 102 Å². The van der Waals surface area contributed by atoms with Crippen LogP contribution in [0.4, 0.5) is 0 Å². The Morgan fingerprint density at radius 2 is 2.08 bits per heavy atom. The molecule has 5 nitrogen and oxygen atoms in total. The molecule has 2 unspecified atom stereocenters. The van der Waals surface area contributed by atoms with Crippen LogP contribution < -0.4 is 11.1 Å². The first kappa shape index (κ1) is 20.0. The lowest BCUT2D eigenvalue weighted by Gasteiger charge is -2.55. The number of halogens is 1. The molecule has 3 saturated carbocycles. The van der Waals surface area contributed by atoms with Gasteiger partial charge in [0.2, 0.25) is 0 Å². The highest BCUT2D eigenvalue weighted by atomic mass is 35.5. The molecule has 0 bridgehead atoms.